The topological polar surface area (TPSA) is 34.1 Å². The summed E-state index contributed by atoms with van der Waals surface area (Å²) in [5, 5.41) is 0. The number of hydrogen-bond acceptors (Lipinski definition) is 2. The van der Waals surface area contributed by atoms with Gasteiger partial charge in [0.25, 0.3) is 0 Å². The van der Waals surface area contributed by atoms with Gasteiger partial charge in [0.05, 0.1) is 0 Å². The first-order chi connectivity index (χ1) is 12.7. The third-order valence-electron chi connectivity index (χ3n) is 5.23. The van der Waals surface area contributed by atoms with E-state index in [4.69, 9.17) is 0 Å². The molecule has 2 aromatic carbocycles. The van der Waals surface area contributed by atoms with Crippen LogP contribution in [0.3, 0.4) is 0 Å². The molecule has 2 aromatic rings. The second-order valence-corrected chi connectivity index (χ2v) is 7.36. The van der Waals surface area contributed by atoms with E-state index in [1.807, 2.05) is 18.2 Å². The summed E-state index contributed by atoms with van der Waals surface area (Å²) in [5.41, 5.74) is 4.38. The van der Waals surface area contributed by atoms with Gasteiger partial charge in [0.2, 0.25) is 0 Å². The molecule has 136 valence electrons. The quantitative estimate of drug-likeness (QED) is 0.570. The summed E-state index contributed by atoms with van der Waals surface area (Å²) >= 11 is 0. The standard InChI is InChI=1S/C24H28O2/c25-23-14-3-1-2-4-16-24(26)22-13-8-12-21(18-22)20-11-7-10-19(17-20)9-5-6-15-23/h7-8,10-13,17-18H,1-6,9,14-16H2. The highest BCUT2D eigenvalue weighted by molar-refractivity contribution is 5.97. The second-order valence-electron chi connectivity index (χ2n) is 7.36. The van der Waals surface area contributed by atoms with Crippen molar-refractivity contribution in [3.8, 4) is 11.1 Å². The number of fused-ring (bicyclic) bond motifs is 5. The van der Waals surface area contributed by atoms with Gasteiger partial charge in [0.15, 0.2) is 5.78 Å². The summed E-state index contributed by atoms with van der Waals surface area (Å²) in [6.45, 7) is 0. The predicted octanol–water partition coefficient (Wildman–Crippen LogP) is 6.17. The molecule has 0 radical (unpaired) electrons. The average molecular weight is 348 g/mol. The summed E-state index contributed by atoms with van der Waals surface area (Å²) in [7, 11) is 0. The number of carbonyl (C=O) groups excluding carboxylic acids is 2. The minimum absolute atomic E-state index is 0.222. The fourth-order valence-corrected chi connectivity index (χ4v) is 3.66. The molecule has 3 rings (SSSR count). The minimum Gasteiger partial charge on any atom is -0.300 e. The Hall–Kier alpha value is -2.22. The van der Waals surface area contributed by atoms with Crippen molar-refractivity contribution in [2.75, 3.05) is 0 Å². The average Bonchev–Trinajstić information content (AvgIpc) is 2.67. The fourth-order valence-electron chi connectivity index (χ4n) is 3.66. The number of carbonyl (C=O) groups is 2. The first-order valence-electron chi connectivity index (χ1n) is 9.97. The Bertz CT molecular complexity index is 760. The Morgan fingerprint density at radius 1 is 0.538 bits per heavy atom. The SMILES string of the molecule is O=C1CCCCCCC(=O)c2cccc(c2)-c2cccc(c2)CCCC1. The van der Waals surface area contributed by atoms with Crippen LogP contribution >= 0.6 is 0 Å². The number of benzene rings is 2. The van der Waals surface area contributed by atoms with E-state index in [1.165, 1.54) is 5.56 Å². The zero-order valence-electron chi connectivity index (χ0n) is 15.5. The highest BCUT2D eigenvalue weighted by Gasteiger charge is 2.09. The van der Waals surface area contributed by atoms with Crippen molar-refractivity contribution in [3.63, 3.8) is 0 Å². The monoisotopic (exact) mass is 348 g/mol. The summed E-state index contributed by atoms with van der Waals surface area (Å²) in [4.78, 5) is 24.5. The zero-order chi connectivity index (χ0) is 18.2. The van der Waals surface area contributed by atoms with Crippen molar-refractivity contribution >= 4 is 11.6 Å². The van der Waals surface area contributed by atoms with E-state index in [-0.39, 0.29) is 5.78 Å². The van der Waals surface area contributed by atoms with Crippen LogP contribution in [0, 0.1) is 0 Å². The van der Waals surface area contributed by atoms with Gasteiger partial charge in [-0.3, -0.25) is 9.59 Å². The van der Waals surface area contributed by atoms with Gasteiger partial charge in [0.1, 0.15) is 5.78 Å². The van der Waals surface area contributed by atoms with Crippen LogP contribution in [0.1, 0.15) is 73.7 Å². The van der Waals surface area contributed by atoms with Gasteiger partial charge in [-0.2, -0.15) is 0 Å². The van der Waals surface area contributed by atoms with Gasteiger partial charge >= 0.3 is 0 Å². The van der Waals surface area contributed by atoms with Crippen LogP contribution in [0.25, 0.3) is 11.1 Å². The van der Waals surface area contributed by atoms with Gasteiger partial charge in [-0.05, 0) is 54.9 Å². The third kappa shape index (κ3) is 5.39. The number of ketones is 2. The fraction of sp³-hybridized carbons (Fsp3) is 0.417. The summed E-state index contributed by atoms with van der Waals surface area (Å²) in [6, 6.07) is 16.6. The highest BCUT2D eigenvalue weighted by atomic mass is 16.1. The lowest BCUT2D eigenvalue weighted by atomic mass is 9.96. The first-order valence-corrected chi connectivity index (χ1v) is 9.97. The van der Waals surface area contributed by atoms with Crippen LogP contribution in [-0.2, 0) is 11.2 Å². The Balaban J connectivity index is 1.80. The van der Waals surface area contributed by atoms with Crippen LogP contribution in [0.15, 0.2) is 48.5 Å². The Labute approximate surface area is 156 Å². The summed E-state index contributed by atoms with van der Waals surface area (Å²) in [5.74, 6) is 0.617. The van der Waals surface area contributed by atoms with Crippen LogP contribution in [0.2, 0.25) is 0 Å². The number of aryl methyl sites for hydroxylation is 1. The maximum Gasteiger partial charge on any atom is 0.162 e. The molecule has 1 aliphatic rings. The van der Waals surface area contributed by atoms with E-state index in [0.717, 1.165) is 61.6 Å². The Morgan fingerprint density at radius 2 is 1.12 bits per heavy atom. The van der Waals surface area contributed by atoms with E-state index < -0.39 is 0 Å². The molecule has 0 heterocycles. The first kappa shape index (κ1) is 18.6. The number of Topliss-reactive ketones (excluding diaryl/α,β-unsaturated/α-hetero) is 2. The molecule has 4 bridgehead atoms. The smallest absolute Gasteiger partial charge is 0.162 e. The van der Waals surface area contributed by atoms with Crippen molar-refractivity contribution < 1.29 is 9.59 Å². The van der Waals surface area contributed by atoms with E-state index in [0.29, 0.717) is 25.0 Å². The predicted molar refractivity (Wildman–Crippen MR) is 106 cm³/mol. The van der Waals surface area contributed by atoms with Crippen LogP contribution in [-0.4, -0.2) is 11.6 Å². The largest absolute Gasteiger partial charge is 0.300 e. The molecular weight excluding hydrogens is 320 g/mol. The summed E-state index contributed by atoms with van der Waals surface area (Å²) < 4.78 is 0. The molecular formula is C24H28O2. The molecule has 0 fully saturated rings. The lowest BCUT2D eigenvalue weighted by Gasteiger charge is -2.09. The number of rotatable bonds is 0. The normalized spacial score (nSPS) is 17.4. The third-order valence-corrected chi connectivity index (χ3v) is 5.23. The van der Waals surface area contributed by atoms with Crippen LogP contribution in [0.5, 0.6) is 0 Å². The molecule has 1 aliphatic carbocycles. The van der Waals surface area contributed by atoms with Gasteiger partial charge in [-0.25, -0.2) is 0 Å². The van der Waals surface area contributed by atoms with Crippen molar-refractivity contribution in [2.24, 2.45) is 0 Å². The highest BCUT2D eigenvalue weighted by Crippen LogP contribution is 2.24. The molecule has 0 spiro atoms. The van der Waals surface area contributed by atoms with E-state index in [1.54, 1.807) is 0 Å². The van der Waals surface area contributed by atoms with Crippen molar-refractivity contribution in [3.05, 3.63) is 59.7 Å². The molecule has 2 heteroatoms. The van der Waals surface area contributed by atoms with E-state index in [9.17, 15) is 9.59 Å². The molecule has 0 aliphatic heterocycles. The maximum atomic E-state index is 12.5. The van der Waals surface area contributed by atoms with Gasteiger partial charge in [-0.15, -0.1) is 0 Å². The molecule has 0 saturated carbocycles. The minimum atomic E-state index is 0.222. The van der Waals surface area contributed by atoms with Crippen molar-refractivity contribution in [1.82, 2.24) is 0 Å². The van der Waals surface area contributed by atoms with E-state index >= 15 is 0 Å². The Kier molecular flexibility index (Phi) is 6.76. The van der Waals surface area contributed by atoms with Gasteiger partial charge in [0, 0.05) is 24.8 Å². The second kappa shape index (κ2) is 9.47. The zero-order valence-corrected chi connectivity index (χ0v) is 15.5. The molecule has 0 N–H and O–H groups in total. The molecule has 0 saturated heterocycles. The molecule has 2 nitrogen and oxygen atoms in total. The lowest BCUT2D eigenvalue weighted by molar-refractivity contribution is -0.119. The van der Waals surface area contributed by atoms with E-state index in [2.05, 4.69) is 30.3 Å². The number of hydrogen-bond donors (Lipinski definition) is 0. The van der Waals surface area contributed by atoms with Crippen molar-refractivity contribution in [2.45, 2.75) is 64.2 Å². The van der Waals surface area contributed by atoms with Crippen LogP contribution < -0.4 is 0 Å². The summed E-state index contributed by atoms with van der Waals surface area (Å²) in [6.07, 6.45) is 8.98. The molecule has 26 heavy (non-hydrogen) atoms. The maximum absolute atomic E-state index is 12.5. The molecule has 0 aromatic heterocycles. The lowest BCUT2D eigenvalue weighted by Crippen LogP contribution is -2.01. The Morgan fingerprint density at radius 3 is 1.92 bits per heavy atom. The van der Waals surface area contributed by atoms with Crippen LogP contribution in [0.4, 0.5) is 0 Å². The van der Waals surface area contributed by atoms with Crippen molar-refractivity contribution in [1.29, 1.82) is 0 Å². The molecule has 0 unspecified atom stereocenters. The van der Waals surface area contributed by atoms with Gasteiger partial charge < -0.3 is 0 Å². The molecule has 0 amide bonds. The van der Waals surface area contributed by atoms with Gasteiger partial charge in [-0.1, -0.05) is 55.3 Å². The molecule has 0 atom stereocenters.